The molecular weight excluding hydrogens is 1090 g/mol. The monoisotopic (exact) mass is 1250 g/mol. The lowest BCUT2D eigenvalue weighted by atomic mass is 10.0. The second kappa shape index (κ2) is 78.8. The number of unbranched alkanes of at least 4 members (excludes halogenated alkanes) is 63. The molecule has 0 radical (unpaired) electrons. The third-order valence-corrected chi connectivity index (χ3v) is 19.5. The molecule has 0 rings (SSSR count). The van der Waals surface area contributed by atoms with E-state index in [-0.39, 0.29) is 18.5 Å². The molecule has 0 aromatic carbocycles. The van der Waals surface area contributed by atoms with E-state index in [0.717, 1.165) is 38.5 Å². The Labute approximate surface area is 558 Å². The van der Waals surface area contributed by atoms with Gasteiger partial charge in [-0.1, -0.05) is 404 Å². The standard InChI is InChI=1S/C83H161NO5/c1-3-5-7-9-11-13-15-17-19-21-44-47-51-55-59-63-67-71-75-81(86)80(79-85)84-82(87)76-72-68-64-60-56-52-48-45-41-39-37-35-33-31-29-27-25-23-22-24-26-28-30-32-34-36-38-40-42-46-50-54-58-62-66-70-74-78-89-83(88)77-73-69-65-61-57-53-49-43-20-18-16-14-12-10-8-6-4-2/h18,20,22,24,80-81,85-86H,3-17,19,21,23,25-79H2,1-2H3,(H,84,87)/b20-18-,24-22-. The lowest BCUT2D eigenvalue weighted by Gasteiger charge is -2.22. The highest BCUT2D eigenvalue weighted by atomic mass is 16.5. The molecule has 0 aliphatic heterocycles. The van der Waals surface area contributed by atoms with Crippen LogP contribution in [-0.4, -0.2) is 47.4 Å². The van der Waals surface area contributed by atoms with Gasteiger partial charge in [0.25, 0.3) is 0 Å². The van der Waals surface area contributed by atoms with Gasteiger partial charge in [-0.05, 0) is 77.0 Å². The van der Waals surface area contributed by atoms with Gasteiger partial charge in [-0.25, -0.2) is 0 Å². The Balaban J connectivity index is 3.32. The number of nitrogens with one attached hydrogen (secondary N) is 1. The summed E-state index contributed by atoms with van der Waals surface area (Å²) in [6.07, 6.45) is 101. The Hall–Kier alpha value is -1.66. The highest BCUT2D eigenvalue weighted by molar-refractivity contribution is 5.76. The molecule has 528 valence electrons. The van der Waals surface area contributed by atoms with Crippen LogP contribution >= 0.6 is 0 Å². The van der Waals surface area contributed by atoms with Crippen molar-refractivity contribution in [3.8, 4) is 0 Å². The number of amides is 1. The van der Waals surface area contributed by atoms with Crippen LogP contribution in [0.15, 0.2) is 24.3 Å². The lowest BCUT2D eigenvalue weighted by Crippen LogP contribution is -2.45. The summed E-state index contributed by atoms with van der Waals surface area (Å²) in [6.45, 7) is 5.00. The average Bonchev–Trinajstić information content (AvgIpc) is 3.68. The molecule has 0 saturated carbocycles. The quantitative estimate of drug-likeness (QED) is 0.0320. The van der Waals surface area contributed by atoms with Crippen molar-refractivity contribution in [3.63, 3.8) is 0 Å². The van der Waals surface area contributed by atoms with Crippen molar-refractivity contribution in [2.24, 2.45) is 0 Å². The summed E-state index contributed by atoms with van der Waals surface area (Å²) < 4.78 is 5.51. The summed E-state index contributed by atoms with van der Waals surface area (Å²) >= 11 is 0. The fraction of sp³-hybridized carbons (Fsp3) is 0.928. The maximum absolute atomic E-state index is 12.6. The summed E-state index contributed by atoms with van der Waals surface area (Å²) in [5, 5.41) is 23.4. The predicted molar refractivity (Wildman–Crippen MR) is 393 cm³/mol. The van der Waals surface area contributed by atoms with Gasteiger partial charge in [0.05, 0.1) is 25.4 Å². The summed E-state index contributed by atoms with van der Waals surface area (Å²) in [6, 6.07) is -0.539. The van der Waals surface area contributed by atoms with E-state index in [1.807, 2.05) is 0 Å². The molecular formula is C83H161NO5. The zero-order valence-corrected chi connectivity index (χ0v) is 60.7. The number of hydrogen-bond donors (Lipinski definition) is 3. The molecule has 0 bridgehead atoms. The minimum atomic E-state index is -0.662. The molecule has 0 heterocycles. The normalized spacial score (nSPS) is 12.5. The molecule has 2 unspecified atom stereocenters. The van der Waals surface area contributed by atoms with Crippen molar-refractivity contribution in [2.45, 2.75) is 482 Å². The van der Waals surface area contributed by atoms with E-state index in [1.165, 1.54) is 398 Å². The van der Waals surface area contributed by atoms with Gasteiger partial charge in [0.2, 0.25) is 5.91 Å². The maximum Gasteiger partial charge on any atom is 0.305 e. The lowest BCUT2D eigenvalue weighted by molar-refractivity contribution is -0.143. The van der Waals surface area contributed by atoms with Gasteiger partial charge in [0.1, 0.15) is 0 Å². The first-order chi connectivity index (χ1) is 44.0. The van der Waals surface area contributed by atoms with Crippen LogP contribution in [0, 0.1) is 0 Å². The molecule has 2 atom stereocenters. The van der Waals surface area contributed by atoms with Crippen LogP contribution in [0.4, 0.5) is 0 Å². The molecule has 0 fully saturated rings. The Bertz CT molecular complexity index is 1400. The van der Waals surface area contributed by atoms with Crippen molar-refractivity contribution in [2.75, 3.05) is 13.2 Å². The molecule has 0 aromatic rings. The summed E-state index contributed by atoms with van der Waals surface area (Å²) in [7, 11) is 0. The van der Waals surface area contributed by atoms with Crippen LogP contribution in [0.3, 0.4) is 0 Å². The molecule has 6 heteroatoms. The van der Waals surface area contributed by atoms with Gasteiger partial charge in [-0.2, -0.15) is 0 Å². The van der Waals surface area contributed by atoms with Gasteiger partial charge >= 0.3 is 5.97 Å². The summed E-state index contributed by atoms with van der Waals surface area (Å²) in [4.78, 5) is 24.7. The third kappa shape index (κ3) is 75.3. The van der Waals surface area contributed by atoms with Crippen LogP contribution in [0.5, 0.6) is 0 Å². The number of aliphatic hydroxyl groups is 2. The average molecular weight is 1250 g/mol. The number of allylic oxidation sites excluding steroid dienone is 4. The van der Waals surface area contributed by atoms with Crippen molar-refractivity contribution >= 4 is 11.9 Å². The number of aliphatic hydroxyl groups excluding tert-OH is 2. The number of ether oxygens (including phenoxy) is 1. The Kier molecular flexibility index (Phi) is 77.3. The largest absolute Gasteiger partial charge is 0.466 e. The Morgan fingerprint density at radius 2 is 0.528 bits per heavy atom. The molecule has 3 N–H and O–H groups in total. The Morgan fingerprint density at radius 1 is 0.303 bits per heavy atom. The number of esters is 1. The number of rotatable bonds is 78. The zero-order chi connectivity index (χ0) is 64.2. The van der Waals surface area contributed by atoms with E-state index >= 15 is 0 Å². The second-order valence-electron chi connectivity index (χ2n) is 28.5. The van der Waals surface area contributed by atoms with Crippen LogP contribution in [0.1, 0.15) is 470 Å². The molecule has 0 saturated heterocycles. The molecule has 0 spiro atoms. The van der Waals surface area contributed by atoms with Crippen molar-refractivity contribution in [1.29, 1.82) is 0 Å². The first-order valence-electron chi connectivity index (χ1n) is 41.1. The molecule has 0 aliphatic rings. The number of hydrogen-bond acceptors (Lipinski definition) is 5. The number of carbonyl (C=O) groups excluding carboxylic acids is 2. The first kappa shape index (κ1) is 87.3. The maximum atomic E-state index is 12.6. The van der Waals surface area contributed by atoms with Gasteiger partial charge in [0.15, 0.2) is 0 Å². The van der Waals surface area contributed by atoms with E-state index in [1.54, 1.807) is 0 Å². The highest BCUT2D eigenvalue weighted by Crippen LogP contribution is 2.20. The van der Waals surface area contributed by atoms with Crippen molar-refractivity contribution in [1.82, 2.24) is 5.32 Å². The molecule has 1 amide bonds. The zero-order valence-electron chi connectivity index (χ0n) is 60.7. The fourth-order valence-corrected chi connectivity index (χ4v) is 13.2. The van der Waals surface area contributed by atoms with Gasteiger partial charge in [-0.15, -0.1) is 0 Å². The van der Waals surface area contributed by atoms with Crippen LogP contribution < -0.4 is 5.32 Å². The van der Waals surface area contributed by atoms with Crippen molar-refractivity contribution in [3.05, 3.63) is 24.3 Å². The first-order valence-corrected chi connectivity index (χ1v) is 41.1. The minimum absolute atomic E-state index is 0.0191. The van der Waals surface area contributed by atoms with E-state index < -0.39 is 12.1 Å². The van der Waals surface area contributed by atoms with E-state index in [2.05, 4.69) is 43.5 Å². The van der Waals surface area contributed by atoms with Gasteiger partial charge < -0.3 is 20.3 Å². The van der Waals surface area contributed by atoms with E-state index in [4.69, 9.17) is 4.74 Å². The fourth-order valence-electron chi connectivity index (χ4n) is 13.2. The third-order valence-electron chi connectivity index (χ3n) is 19.5. The molecule has 89 heavy (non-hydrogen) atoms. The SMILES string of the molecule is CCCCCCCC/C=C\CCCCCCCCCC(=O)OCCCCCCCCCCCCCCCCCC/C=C\CCCCCCCCCCCCCCCCCCCC(=O)NC(CO)C(O)CCCCCCCCCCCCCCCCCCCC. The predicted octanol–water partition coefficient (Wildman–Crippen LogP) is 27.2. The number of carbonyl (C=O) groups is 2. The van der Waals surface area contributed by atoms with Gasteiger partial charge in [-0.3, -0.25) is 9.59 Å². The topological polar surface area (TPSA) is 95.9 Å². The van der Waals surface area contributed by atoms with Crippen LogP contribution in [-0.2, 0) is 14.3 Å². The van der Waals surface area contributed by atoms with Crippen molar-refractivity contribution < 1.29 is 24.5 Å². The minimum Gasteiger partial charge on any atom is -0.466 e. The van der Waals surface area contributed by atoms with E-state index in [0.29, 0.717) is 25.9 Å². The van der Waals surface area contributed by atoms with Gasteiger partial charge in [0, 0.05) is 12.8 Å². The van der Waals surface area contributed by atoms with Crippen LogP contribution in [0.25, 0.3) is 0 Å². The molecule has 6 nitrogen and oxygen atoms in total. The second-order valence-corrected chi connectivity index (χ2v) is 28.5. The summed E-state index contributed by atoms with van der Waals surface area (Å²) in [5.41, 5.74) is 0. The molecule has 0 aromatic heterocycles. The Morgan fingerprint density at radius 3 is 0.798 bits per heavy atom. The van der Waals surface area contributed by atoms with Crippen LogP contribution in [0.2, 0.25) is 0 Å². The molecule has 0 aliphatic carbocycles. The summed E-state index contributed by atoms with van der Waals surface area (Å²) in [5.74, 6) is -0.00708. The van der Waals surface area contributed by atoms with E-state index in [9.17, 15) is 19.8 Å². The highest BCUT2D eigenvalue weighted by Gasteiger charge is 2.20. The smallest absolute Gasteiger partial charge is 0.305 e.